The lowest BCUT2D eigenvalue weighted by Crippen LogP contribution is -2.36. The molecule has 1 aromatic rings. The first-order valence-electron chi connectivity index (χ1n) is 6.30. The molecule has 2 heteroatoms. The van der Waals surface area contributed by atoms with Gasteiger partial charge in [0.25, 0.3) is 0 Å². The number of benzene rings is 1. The summed E-state index contributed by atoms with van der Waals surface area (Å²) in [4.78, 5) is 2.44. The van der Waals surface area contributed by atoms with E-state index in [-0.39, 0.29) is 0 Å². The lowest BCUT2D eigenvalue weighted by Gasteiger charge is -2.20. The number of likely N-dealkylation sites (N-methyl/N-ethyl adjacent to an activating group) is 1. The molecule has 88 valence electrons. The number of hydrogen-bond acceptors (Lipinski definition) is 2. The number of nitrogens with one attached hydrogen (secondary N) is 1. The van der Waals surface area contributed by atoms with Crippen LogP contribution in [0.5, 0.6) is 0 Å². The number of rotatable bonds is 5. The second kappa shape index (κ2) is 6.02. The van der Waals surface area contributed by atoms with Crippen molar-refractivity contribution in [1.82, 2.24) is 10.2 Å². The van der Waals surface area contributed by atoms with Crippen LogP contribution in [0.15, 0.2) is 30.3 Å². The van der Waals surface area contributed by atoms with Crippen molar-refractivity contribution in [3.63, 3.8) is 0 Å². The van der Waals surface area contributed by atoms with Crippen LogP contribution >= 0.6 is 0 Å². The minimum atomic E-state index is 0.723. The molecule has 0 unspecified atom stereocenters. The van der Waals surface area contributed by atoms with E-state index in [1.807, 2.05) is 0 Å². The van der Waals surface area contributed by atoms with Crippen LogP contribution < -0.4 is 5.32 Å². The van der Waals surface area contributed by atoms with Crippen molar-refractivity contribution in [1.29, 1.82) is 0 Å². The highest BCUT2D eigenvalue weighted by Gasteiger charge is 2.15. The van der Waals surface area contributed by atoms with Crippen molar-refractivity contribution >= 4 is 0 Å². The molecule has 0 bridgehead atoms. The quantitative estimate of drug-likeness (QED) is 0.812. The summed E-state index contributed by atoms with van der Waals surface area (Å²) in [5.74, 6) is 0. The van der Waals surface area contributed by atoms with E-state index in [0.29, 0.717) is 0 Å². The van der Waals surface area contributed by atoms with E-state index in [9.17, 15) is 0 Å². The third-order valence-corrected chi connectivity index (χ3v) is 3.32. The molecular formula is C14H22N2. The van der Waals surface area contributed by atoms with Gasteiger partial charge in [0.05, 0.1) is 0 Å². The van der Waals surface area contributed by atoms with Gasteiger partial charge in [-0.1, -0.05) is 30.3 Å². The van der Waals surface area contributed by atoms with Gasteiger partial charge >= 0.3 is 0 Å². The zero-order chi connectivity index (χ0) is 11.2. The topological polar surface area (TPSA) is 15.3 Å². The van der Waals surface area contributed by atoms with Gasteiger partial charge in [0.1, 0.15) is 0 Å². The molecule has 1 atom stereocenters. The predicted molar refractivity (Wildman–Crippen MR) is 68.7 cm³/mol. The Bertz CT molecular complexity index is 291. The van der Waals surface area contributed by atoms with Crippen LogP contribution in [0.1, 0.15) is 18.4 Å². The highest BCUT2D eigenvalue weighted by molar-refractivity contribution is 5.14. The van der Waals surface area contributed by atoms with E-state index in [1.54, 1.807) is 0 Å². The van der Waals surface area contributed by atoms with E-state index >= 15 is 0 Å². The third kappa shape index (κ3) is 3.62. The minimum Gasteiger partial charge on any atom is -0.313 e. The fourth-order valence-corrected chi connectivity index (χ4v) is 2.34. The maximum Gasteiger partial charge on any atom is 0.0195 e. The Morgan fingerprint density at radius 3 is 2.81 bits per heavy atom. The molecule has 1 aromatic carbocycles. The van der Waals surface area contributed by atoms with Gasteiger partial charge in [-0.25, -0.2) is 0 Å². The monoisotopic (exact) mass is 218 g/mol. The van der Waals surface area contributed by atoms with Gasteiger partial charge in [0, 0.05) is 19.1 Å². The Balaban J connectivity index is 1.69. The highest BCUT2D eigenvalue weighted by atomic mass is 15.1. The zero-order valence-electron chi connectivity index (χ0n) is 10.2. The molecular weight excluding hydrogens is 196 g/mol. The second-order valence-electron chi connectivity index (χ2n) is 4.79. The Morgan fingerprint density at radius 1 is 1.31 bits per heavy atom. The fourth-order valence-electron chi connectivity index (χ4n) is 2.34. The zero-order valence-corrected chi connectivity index (χ0v) is 10.2. The summed E-state index contributed by atoms with van der Waals surface area (Å²) in [6.07, 6.45) is 3.84. The highest BCUT2D eigenvalue weighted by Crippen LogP contribution is 2.07. The van der Waals surface area contributed by atoms with Crippen molar-refractivity contribution in [2.75, 3.05) is 26.7 Å². The minimum absolute atomic E-state index is 0.723. The van der Waals surface area contributed by atoms with Crippen LogP contribution in [0.4, 0.5) is 0 Å². The first kappa shape index (κ1) is 11.6. The lowest BCUT2D eigenvalue weighted by atomic mass is 10.1. The van der Waals surface area contributed by atoms with Crippen LogP contribution in [0.2, 0.25) is 0 Å². The molecule has 1 saturated heterocycles. The maximum absolute atomic E-state index is 3.54. The first-order valence-corrected chi connectivity index (χ1v) is 6.30. The normalized spacial score (nSPS) is 20.5. The maximum atomic E-state index is 3.54. The molecule has 0 spiro atoms. The van der Waals surface area contributed by atoms with E-state index in [4.69, 9.17) is 0 Å². The van der Waals surface area contributed by atoms with Crippen LogP contribution in [0.3, 0.4) is 0 Å². The first-order chi connectivity index (χ1) is 7.84. The summed E-state index contributed by atoms with van der Waals surface area (Å²) in [7, 11) is 2.23. The van der Waals surface area contributed by atoms with E-state index in [1.165, 1.54) is 31.5 Å². The van der Waals surface area contributed by atoms with Gasteiger partial charge in [0.2, 0.25) is 0 Å². The standard InChI is InChI=1S/C14H22N2/c1-16(12-14-8-5-10-15-14)11-9-13-6-3-2-4-7-13/h2-4,6-7,14-15H,5,8-12H2,1H3/t14-/m0/s1. The van der Waals surface area contributed by atoms with Crippen LogP contribution in [0, 0.1) is 0 Å². The summed E-state index contributed by atoms with van der Waals surface area (Å²) in [5, 5.41) is 3.54. The molecule has 0 saturated carbocycles. The number of nitrogens with zero attached hydrogens (tertiary/aromatic N) is 1. The van der Waals surface area contributed by atoms with Crippen molar-refractivity contribution in [2.45, 2.75) is 25.3 Å². The predicted octanol–water partition coefficient (Wildman–Crippen LogP) is 1.91. The lowest BCUT2D eigenvalue weighted by molar-refractivity contribution is 0.304. The van der Waals surface area contributed by atoms with Crippen molar-refractivity contribution in [2.24, 2.45) is 0 Å². The Labute approximate surface area is 98.7 Å². The molecule has 2 nitrogen and oxygen atoms in total. The van der Waals surface area contributed by atoms with Gasteiger partial charge in [0.15, 0.2) is 0 Å². The molecule has 0 amide bonds. The molecule has 0 aromatic heterocycles. The summed E-state index contributed by atoms with van der Waals surface area (Å²) in [6.45, 7) is 3.55. The van der Waals surface area contributed by atoms with Gasteiger partial charge in [-0.2, -0.15) is 0 Å². The Kier molecular flexibility index (Phi) is 4.37. The van der Waals surface area contributed by atoms with Crippen LogP contribution in [-0.2, 0) is 6.42 Å². The van der Waals surface area contributed by atoms with Gasteiger partial charge in [-0.3, -0.25) is 0 Å². The van der Waals surface area contributed by atoms with Crippen molar-refractivity contribution in [3.05, 3.63) is 35.9 Å². The summed E-state index contributed by atoms with van der Waals surface area (Å²) in [6, 6.07) is 11.5. The van der Waals surface area contributed by atoms with E-state index in [2.05, 4.69) is 47.6 Å². The average Bonchev–Trinajstić information content (AvgIpc) is 2.81. The van der Waals surface area contributed by atoms with Crippen molar-refractivity contribution < 1.29 is 0 Å². The summed E-state index contributed by atoms with van der Waals surface area (Å²) in [5.41, 5.74) is 1.44. The van der Waals surface area contributed by atoms with E-state index < -0.39 is 0 Å². The van der Waals surface area contributed by atoms with Crippen molar-refractivity contribution in [3.8, 4) is 0 Å². The summed E-state index contributed by atoms with van der Waals surface area (Å²) >= 11 is 0. The third-order valence-electron chi connectivity index (χ3n) is 3.32. The molecule has 2 rings (SSSR count). The molecule has 1 aliphatic rings. The number of hydrogen-bond donors (Lipinski definition) is 1. The molecule has 1 fully saturated rings. The van der Waals surface area contributed by atoms with Gasteiger partial charge in [-0.05, 0) is 38.4 Å². The van der Waals surface area contributed by atoms with Gasteiger partial charge < -0.3 is 10.2 Å². The largest absolute Gasteiger partial charge is 0.313 e. The van der Waals surface area contributed by atoms with E-state index in [0.717, 1.165) is 19.0 Å². The molecule has 1 N–H and O–H groups in total. The van der Waals surface area contributed by atoms with Gasteiger partial charge in [-0.15, -0.1) is 0 Å². The Hall–Kier alpha value is -0.860. The molecule has 0 radical (unpaired) electrons. The second-order valence-corrected chi connectivity index (χ2v) is 4.79. The summed E-state index contributed by atoms with van der Waals surface area (Å²) < 4.78 is 0. The molecule has 1 aliphatic heterocycles. The van der Waals surface area contributed by atoms with Crippen LogP contribution in [-0.4, -0.2) is 37.6 Å². The molecule has 0 aliphatic carbocycles. The molecule has 16 heavy (non-hydrogen) atoms. The Morgan fingerprint density at radius 2 is 2.12 bits per heavy atom. The average molecular weight is 218 g/mol. The molecule has 1 heterocycles. The smallest absolute Gasteiger partial charge is 0.0195 e. The SMILES string of the molecule is CN(CCc1ccccc1)C[C@@H]1CCCN1. The fraction of sp³-hybridized carbons (Fsp3) is 0.571. The van der Waals surface area contributed by atoms with Crippen LogP contribution in [0.25, 0.3) is 0 Å².